The van der Waals surface area contributed by atoms with Gasteiger partial charge in [0.15, 0.2) is 6.10 Å². The fourth-order valence-electron chi connectivity index (χ4n) is 1.56. The van der Waals surface area contributed by atoms with E-state index in [0.717, 1.165) is 6.07 Å². The van der Waals surface area contributed by atoms with E-state index in [9.17, 15) is 17.6 Å². The van der Waals surface area contributed by atoms with Crippen LogP contribution in [0.5, 0.6) is 0 Å². The number of hydrogen-bond donors (Lipinski definition) is 2. The molecule has 2 unspecified atom stereocenters. The van der Waals surface area contributed by atoms with Crippen LogP contribution in [-0.2, 0) is 5.54 Å². The molecule has 0 spiro atoms. The van der Waals surface area contributed by atoms with Gasteiger partial charge < -0.3 is 10.8 Å². The van der Waals surface area contributed by atoms with E-state index in [4.69, 9.17) is 10.8 Å². The van der Waals surface area contributed by atoms with Gasteiger partial charge in [0, 0.05) is 22.0 Å². The molecule has 2 atom stereocenters. The van der Waals surface area contributed by atoms with Gasteiger partial charge in [-0.1, -0.05) is 15.9 Å². The lowest BCUT2D eigenvalue weighted by Gasteiger charge is -2.29. The molecule has 0 aliphatic rings. The molecule has 0 bridgehead atoms. The highest BCUT2D eigenvalue weighted by Gasteiger charge is 2.42. The third kappa shape index (κ3) is 3.66. The minimum Gasteiger partial charge on any atom is -0.384 e. The van der Waals surface area contributed by atoms with Crippen molar-refractivity contribution in [3.8, 4) is 0 Å². The molecule has 1 aromatic rings. The first-order chi connectivity index (χ1) is 8.04. The van der Waals surface area contributed by atoms with Crippen molar-refractivity contribution in [2.45, 2.75) is 31.2 Å². The summed E-state index contributed by atoms with van der Waals surface area (Å²) in [7, 11) is 0. The lowest BCUT2D eigenvalue weighted by molar-refractivity contribution is -0.209. The number of benzene rings is 1. The summed E-state index contributed by atoms with van der Waals surface area (Å²) in [6, 6.07) is 3.82. The Bertz CT molecular complexity index is 434. The van der Waals surface area contributed by atoms with Gasteiger partial charge in [0.2, 0.25) is 0 Å². The van der Waals surface area contributed by atoms with Crippen LogP contribution in [0, 0.1) is 5.82 Å². The average Bonchev–Trinajstić information content (AvgIpc) is 2.19. The molecule has 0 radical (unpaired) electrons. The maximum absolute atomic E-state index is 13.5. The maximum atomic E-state index is 13.5. The van der Waals surface area contributed by atoms with Crippen molar-refractivity contribution in [3.05, 3.63) is 34.1 Å². The summed E-state index contributed by atoms with van der Waals surface area (Å²) >= 11 is 3.09. The Kier molecular flexibility index (Phi) is 4.40. The number of alkyl halides is 3. The number of aliphatic hydroxyl groups excluding tert-OH is 1. The van der Waals surface area contributed by atoms with E-state index in [-0.39, 0.29) is 5.56 Å². The van der Waals surface area contributed by atoms with Gasteiger partial charge >= 0.3 is 6.18 Å². The molecule has 0 saturated heterocycles. The lowest BCUT2D eigenvalue weighted by atomic mass is 9.87. The predicted molar refractivity (Wildman–Crippen MR) is 62.3 cm³/mol. The van der Waals surface area contributed by atoms with Crippen LogP contribution in [0.4, 0.5) is 17.6 Å². The fourth-order valence-corrected chi connectivity index (χ4v) is 1.92. The second-order valence-corrected chi connectivity index (χ2v) is 5.22. The van der Waals surface area contributed by atoms with Crippen molar-refractivity contribution in [2.75, 3.05) is 0 Å². The maximum Gasteiger partial charge on any atom is 0.414 e. The largest absolute Gasteiger partial charge is 0.414 e. The van der Waals surface area contributed by atoms with Crippen LogP contribution in [0.2, 0.25) is 0 Å². The molecule has 2 nitrogen and oxygen atoms in total. The zero-order valence-electron chi connectivity index (χ0n) is 9.43. The third-order valence-corrected chi connectivity index (χ3v) is 3.03. The van der Waals surface area contributed by atoms with Crippen LogP contribution in [0.15, 0.2) is 22.7 Å². The van der Waals surface area contributed by atoms with Gasteiger partial charge in [-0.05, 0) is 25.1 Å². The van der Waals surface area contributed by atoms with Crippen molar-refractivity contribution in [1.82, 2.24) is 0 Å². The molecular formula is C11H12BrF4NO. The third-order valence-electron chi connectivity index (χ3n) is 2.54. The van der Waals surface area contributed by atoms with Crippen molar-refractivity contribution in [1.29, 1.82) is 0 Å². The minimum absolute atomic E-state index is 0.0832. The Hall–Kier alpha value is -0.660. The molecule has 0 saturated carbocycles. The molecule has 18 heavy (non-hydrogen) atoms. The molecule has 0 aliphatic carbocycles. The van der Waals surface area contributed by atoms with E-state index in [1.54, 1.807) is 0 Å². The van der Waals surface area contributed by atoms with E-state index in [1.807, 2.05) is 0 Å². The van der Waals surface area contributed by atoms with Crippen molar-refractivity contribution < 1.29 is 22.7 Å². The van der Waals surface area contributed by atoms with Crippen LogP contribution in [-0.4, -0.2) is 17.4 Å². The highest BCUT2D eigenvalue weighted by Crippen LogP contribution is 2.32. The molecule has 0 amide bonds. The van der Waals surface area contributed by atoms with Crippen molar-refractivity contribution in [3.63, 3.8) is 0 Å². The quantitative estimate of drug-likeness (QED) is 0.837. The Morgan fingerprint density at radius 1 is 1.39 bits per heavy atom. The number of rotatable bonds is 3. The van der Waals surface area contributed by atoms with Crippen LogP contribution in [0.25, 0.3) is 0 Å². The first-order valence-electron chi connectivity index (χ1n) is 5.03. The van der Waals surface area contributed by atoms with Gasteiger partial charge in [-0.15, -0.1) is 0 Å². The minimum atomic E-state index is -4.77. The average molecular weight is 330 g/mol. The van der Waals surface area contributed by atoms with Crippen molar-refractivity contribution >= 4 is 15.9 Å². The smallest absolute Gasteiger partial charge is 0.384 e. The SMILES string of the molecule is CC(N)(CC(O)C(F)(F)F)c1cc(Br)ccc1F. The molecule has 0 aromatic heterocycles. The van der Waals surface area contributed by atoms with Crippen LogP contribution in [0.1, 0.15) is 18.9 Å². The van der Waals surface area contributed by atoms with Gasteiger partial charge in [-0.3, -0.25) is 0 Å². The van der Waals surface area contributed by atoms with Crippen LogP contribution < -0.4 is 5.73 Å². The fraction of sp³-hybridized carbons (Fsp3) is 0.455. The van der Waals surface area contributed by atoms with Gasteiger partial charge in [0.25, 0.3) is 0 Å². The molecule has 7 heteroatoms. The zero-order valence-corrected chi connectivity index (χ0v) is 11.0. The highest BCUT2D eigenvalue weighted by molar-refractivity contribution is 9.10. The Balaban J connectivity index is 3.02. The summed E-state index contributed by atoms with van der Waals surface area (Å²) in [4.78, 5) is 0. The van der Waals surface area contributed by atoms with Gasteiger partial charge in [0.05, 0.1) is 0 Å². The van der Waals surface area contributed by atoms with E-state index >= 15 is 0 Å². The second-order valence-electron chi connectivity index (χ2n) is 4.30. The first kappa shape index (κ1) is 15.4. The number of aliphatic hydroxyl groups is 1. The Morgan fingerprint density at radius 2 is 1.94 bits per heavy atom. The molecule has 102 valence electrons. The monoisotopic (exact) mass is 329 g/mol. The molecule has 1 rings (SSSR count). The van der Waals surface area contributed by atoms with E-state index in [1.165, 1.54) is 19.1 Å². The normalized spacial score (nSPS) is 17.3. The van der Waals surface area contributed by atoms with E-state index in [2.05, 4.69) is 15.9 Å². The topological polar surface area (TPSA) is 46.2 Å². The molecule has 0 heterocycles. The lowest BCUT2D eigenvalue weighted by Crippen LogP contribution is -2.42. The Morgan fingerprint density at radius 3 is 2.44 bits per heavy atom. The summed E-state index contributed by atoms with van der Waals surface area (Å²) in [5.74, 6) is -0.711. The highest BCUT2D eigenvalue weighted by atomic mass is 79.9. The van der Waals surface area contributed by atoms with E-state index in [0.29, 0.717) is 4.47 Å². The van der Waals surface area contributed by atoms with Gasteiger partial charge in [0.1, 0.15) is 5.82 Å². The van der Waals surface area contributed by atoms with Crippen LogP contribution >= 0.6 is 15.9 Å². The van der Waals surface area contributed by atoms with Crippen molar-refractivity contribution in [2.24, 2.45) is 5.73 Å². The molecule has 0 fully saturated rings. The van der Waals surface area contributed by atoms with Crippen LogP contribution in [0.3, 0.4) is 0 Å². The second kappa shape index (κ2) is 5.14. The zero-order chi connectivity index (χ0) is 14.1. The molecule has 0 aliphatic heterocycles. The van der Waals surface area contributed by atoms with E-state index < -0.39 is 30.1 Å². The predicted octanol–water partition coefficient (Wildman–Crippen LogP) is 3.08. The Labute approximate surface area is 110 Å². The number of hydrogen-bond acceptors (Lipinski definition) is 2. The number of halogens is 5. The number of nitrogens with two attached hydrogens (primary N) is 1. The first-order valence-corrected chi connectivity index (χ1v) is 5.82. The summed E-state index contributed by atoms with van der Waals surface area (Å²) in [5.41, 5.74) is 3.98. The molecule has 3 N–H and O–H groups in total. The standard InChI is InChI=1S/C11H12BrF4NO/c1-10(17,5-9(18)11(14,15)16)7-4-6(12)2-3-8(7)13/h2-4,9,18H,5,17H2,1H3. The summed E-state index contributed by atoms with van der Waals surface area (Å²) < 4.78 is 50.8. The molecule has 1 aromatic carbocycles. The summed E-state index contributed by atoms with van der Waals surface area (Å²) in [5, 5.41) is 9.00. The molecular weight excluding hydrogens is 318 g/mol. The summed E-state index contributed by atoms with van der Waals surface area (Å²) in [6.45, 7) is 1.24. The van der Waals surface area contributed by atoms with Gasteiger partial charge in [-0.2, -0.15) is 13.2 Å². The summed E-state index contributed by atoms with van der Waals surface area (Å²) in [6.07, 6.45) is -8.18. The van der Waals surface area contributed by atoms with Gasteiger partial charge in [-0.25, -0.2) is 4.39 Å².